The van der Waals surface area contributed by atoms with E-state index in [1.165, 1.54) is 53.6 Å². The second-order valence-electron chi connectivity index (χ2n) is 8.21. The van der Waals surface area contributed by atoms with Crippen LogP contribution in [0.3, 0.4) is 0 Å². The summed E-state index contributed by atoms with van der Waals surface area (Å²) in [7, 11) is 0. The van der Waals surface area contributed by atoms with Crippen molar-refractivity contribution in [2.24, 2.45) is 0 Å². The number of hydrogen-bond acceptors (Lipinski definition) is 1. The minimum absolute atomic E-state index is 0.327. The Morgan fingerprint density at radius 2 is 1.27 bits per heavy atom. The molecule has 0 saturated heterocycles. The molecule has 144 valence electrons. The molecule has 0 fully saturated rings. The molecule has 6 rings (SSSR count). The van der Waals surface area contributed by atoms with Gasteiger partial charge in [-0.1, -0.05) is 97.5 Å². The van der Waals surface area contributed by atoms with E-state index in [0.717, 1.165) is 6.42 Å². The number of fused-ring (bicyclic) bond motifs is 4. The fourth-order valence-corrected chi connectivity index (χ4v) is 5.91. The molecule has 5 aromatic rings. The Labute approximate surface area is 181 Å². The summed E-state index contributed by atoms with van der Waals surface area (Å²) in [5.74, 6) is 0.327. The van der Waals surface area contributed by atoms with Crippen molar-refractivity contribution >= 4 is 33.3 Å². The van der Waals surface area contributed by atoms with Crippen molar-refractivity contribution in [1.29, 1.82) is 0 Å². The summed E-state index contributed by atoms with van der Waals surface area (Å²) in [6, 6.07) is 35.8. The van der Waals surface area contributed by atoms with Crippen molar-refractivity contribution in [2.75, 3.05) is 0 Å². The fourth-order valence-electron chi connectivity index (χ4n) is 4.86. The number of hydrogen-bond donors (Lipinski definition) is 0. The van der Waals surface area contributed by atoms with E-state index in [2.05, 4.69) is 104 Å². The van der Waals surface area contributed by atoms with Crippen LogP contribution in [0.1, 0.15) is 35.1 Å². The molecule has 0 aliphatic carbocycles. The van der Waals surface area contributed by atoms with Gasteiger partial charge in [-0.2, -0.15) is 0 Å². The molecule has 0 nitrogen and oxygen atoms in total. The first-order chi connectivity index (χ1) is 14.8. The predicted molar refractivity (Wildman–Crippen MR) is 129 cm³/mol. The molecule has 1 heterocycles. The second-order valence-corrected chi connectivity index (χ2v) is 9.29. The third-order valence-corrected chi connectivity index (χ3v) is 7.64. The third kappa shape index (κ3) is 2.85. The van der Waals surface area contributed by atoms with Crippen LogP contribution in [0.2, 0.25) is 0 Å². The van der Waals surface area contributed by atoms with Crippen molar-refractivity contribution in [3.8, 4) is 0 Å². The van der Waals surface area contributed by atoms with Crippen LogP contribution in [-0.4, -0.2) is 0 Å². The van der Waals surface area contributed by atoms with Crippen LogP contribution in [0.4, 0.5) is 0 Å². The van der Waals surface area contributed by atoms with Gasteiger partial charge < -0.3 is 0 Å². The lowest BCUT2D eigenvalue weighted by Crippen LogP contribution is -2.04. The topological polar surface area (TPSA) is 0 Å². The zero-order chi connectivity index (χ0) is 20.1. The first-order valence-electron chi connectivity index (χ1n) is 10.6. The van der Waals surface area contributed by atoms with E-state index in [1.54, 1.807) is 0 Å². The van der Waals surface area contributed by atoms with Crippen LogP contribution in [0.5, 0.6) is 0 Å². The monoisotopic (exact) mass is 402 g/mol. The van der Waals surface area contributed by atoms with Crippen LogP contribution in [-0.2, 0) is 6.42 Å². The number of rotatable bonds is 2. The molecule has 0 N–H and O–H groups in total. The first kappa shape index (κ1) is 17.8. The van der Waals surface area contributed by atoms with E-state index in [1.807, 2.05) is 11.8 Å². The Bertz CT molecular complexity index is 1360. The Morgan fingerprint density at radius 1 is 0.633 bits per heavy atom. The van der Waals surface area contributed by atoms with Crippen molar-refractivity contribution in [2.45, 2.75) is 29.1 Å². The van der Waals surface area contributed by atoms with E-state index in [4.69, 9.17) is 0 Å². The van der Waals surface area contributed by atoms with Crippen LogP contribution < -0.4 is 0 Å². The molecule has 0 saturated carbocycles. The van der Waals surface area contributed by atoms with Crippen LogP contribution in [0.15, 0.2) is 107 Å². The van der Waals surface area contributed by atoms with Crippen molar-refractivity contribution < 1.29 is 0 Å². The standard InChI is InChI=1S/C29H22S/c1-19(20-14-15-28-24(16-20)18-23-10-4-7-13-27(23)30-28)29-25-11-5-2-8-21(25)17-22-9-3-6-12-26(22)29/h2-17,19H,18H2,1H3. The molecule has 0 spiro atoms. The SMILES string of the molecule is CC(c1ccc2c(c1)Cc1ccccc1S2)c1c2ccccc2cc2ccccc12. The first-order valence-corrected chi connectivity index (χ1v) is 11.4. The number of benzene rings is 5. The summed E-state index contributed by atoms with van der Waals surface area (Å²) in [6.07, 6.45) is 1.02. The van der Waals surface area contributed by atoms with Gasteiger partial charge in [-0.25, -0.2) is 0 Å². The largest absolute Gasteiger partial charge is 0.0895 e. The lowest BCUT2D eigenvalue weighted by molar-refractivity contribution is 0.926. The maximum atomic E-state index is 2.44. The zero-order valence-electron chi connectivity index (χ0n) is 16.9. The lowest BCUT2D eigenvalue weighted by Gasteiger charge is -2.23. The average Bonchev–Trinajstić information content (AvgIpc) is 2.80. The van der Waals surface area contributed by atoms with Crippen LogP contribution in [0, 0.1) is 0 Å². The van der Waals surface area contributed by atoms with Crippen molar-refractivity contribution in [1.82, 2.24) is 0 Å². The summed E-state index contributed by atoms with van der Waals surface area (Å²) in [5, 5.41) is 5.36. The molecule has 1 heteroatoms. The maximum absolute atomic E-state index is 2.44. The molecular weight excluding hydrogens is 380 g/mol. The van der Waals surface area contributed by atoms with E-state index < -0.39 is 0 Å². The van der Waals surface area contributed by atoms with Crippen molar-refractivity contribution in [3.05, 3.63) is 119 Å². The molecule has 5 aromatic carbocycles. The molecule has 30 heavy (non-hydrogen) atoms. The highest BCUT2D eigenvalue weighted by Gasteiger charge is 2.20. The fraction of sp³-hybridized carbons (Fsp3) is 0.103. The highest BCUT2D eigenvalue weighted by Crippen LogP contribution is 2.42. The van der Waals surface area contributed by atoms with Crippen LogP contribution in [0.25, 0.3) is 21.5 Å². The minimum Gasteiger partial charge on any atom is -0.0895 e. The molecule has 1 atom stereocenters. The highest BCUT2D eigenvalue weighted by molar-refractivity contribution is 7.99. The van der Waals surface area contributed by atoms with Crippen molar-refractivity contribution in [3.63, 3.8) is 0 Å². The Morgan fingerprint density at radius 3 is 2.03 bits per heavy atom. The summed E-state index contributed by atoms with van der Waals surface area (Å²) in [4.78, 5) is 2.79. The van der Waals surface area contributed by atoms with Gasteiger partial charge in [0.15, 0.2) is 0 Å². The van der Waals surface area contributed by atoms with Gasteiger partial charge in [0.05, 0.1) is 0 Å². The quantitative estimate of drug-likeness (QED) is 0.263. The van der Waals surface area contributed by atoms with Gasteiger partial charge in [0.25, 0.3) is 0 Å². The average molecular weight is 403 g/mol. The zero-order valence-corrected chi connectivity index (χ0v) is 17.7. The molecule has 0 aromatic heterocycles. The van der Waals surface area contributed by atoms with Gasteiger partial charge in [-0.3, -0.25) is 0 Å². The Hall–Kier alpha value is -3.03. The van der Waals surface area contributed by atoms with E-state index in [9.17, 15) is 0 Å². The third-order valence-electron chi connectivity index (χ3n) is 6.40. The van der Waals surface area contributed by atoms with Gasteiger partial charge in [0, 0.05) is 15.7 Å². The van der Waals surface area contributed by atoms with E-state index >= 15 is 0 Å². The summed E-state index contributed by atoms with van der Waals surface area (Å²) in [6.45, 7) is 2.36. The second kappa shape index (κ2) is 7.04. The van der Waals surface area contributed by atoms with Gasteiger partial charge in [-0.15, -0.1) is 0 Å². The van der Waals surface area contributed by atoms with Gasteiger partial charge in [0.1, 0.15) is 0 Å². The van der Waals surface area contributed by atoms with E-state index in [-0.39, 0.29) is 0 Å². The molecule has 0 bridgehead atoms. The van der Waals surface area contributed by atoms with Gasteiger partial charge in [-0.05, 0) is 68.4 Å². The molecular formula is C29H22S. The Kier molecular flexibility index (Phi) is 4.17. The smallest absolute Gasteiger partial charge is 0.0158 e. The molecule has 1 unspecified atom stereocenters. The normalized spacial score (nSPS) is 13.8. The summed E-state index contributed by atoms with van der Waals surface area (Å²) >= 11 is 1.90. The molecule has 1 aliphatic rings. The van der Waals surface area contributed by atoms with E-state index in [0.29, 0.717) is 5.92 Å². The lowest BCUT2D eigenvalue weighted by atomic mass is 9.84. The molecule has 0 amide bonds. The van der Waals surface area contributed by atoms with Gasteiger partial charge in [0.2, 0.25) is 0 Å². The summed E-state index contributed by atoms with van der Waals surface area (Å²) in [5.41, 5.74) is 5.73. The highest BCUT2D eigenvalue weighted by atomic mass is 32.2. The Balaban J connectivity index is 1.51. The summed E-state index contributed by atoms with van der Waals surface area (Å²) < 4.78 is 0. The molecule has 0 radical (unpaired) electrons. The molecule has 1 aliphatic heterocycles. The minimum atomic E-state index is 0.327. The maximum Gasteiger partial charge on any atom is 0.0158 e. The van der Waals surface area contributed by atoms with Gasteiger partial charge >= 0.3 is 0 Å². The predicted octanol–water partition coefficient (Wildman–Crippen LogP) is 8.20. The van der Waals surface area contributed by atoms with Crippen LogP contribution >= 0.6 is 11.8 Å².